The molecular formula is C9H9F2N5OS. The van der Waals surface area contributed by atoms with Gasteiger partial charge in [0.25, 0.3) is 0 Å². The van der Waals surface area contributed by atoms with Gasteiger partial charge in [0.05, 0.1) is 0 Å². The molecule has 0 aromatic carbocycles. The van der Waals surface area contributed by atoms with Crippen LogP contribution in [-0.2, 0) is 6.54 Å². The second kappa shape index (κ2) is 4.77. The van der Waals surface area contributed by atoms with E-state index in [9.17, 15) is 13.6 Å². The van der Waals surface area contributed by atoms with Gasteiger partial charge >= 0.3 is 5.69 Å². The Kier molecular flexibility index (Phi) is 3.32. The molecule has 0 unspecified atom stereocenters. The number of hydrogen-bond donors (Lipinski definition) is 2. The number of hydrogen-bond acceptors (Lipinski definition) is 5. The Bertz CT molecular complexity index is 638. The Morgan fingerprint density at radius 2 is 2.22 bits per heavy atom. The number of nitrogens with one attached hydrogen (secondary N) is 1. The van der Waals surface area contributed by atoms with Crippen molar-refractivity contribution in [2.24, 2.45) is 0 Å². The van der Waals surface area contributed by atoms with Gasteiger partial charge in [0.2, 0.25) is 0 Å². The first-order valence-corrected chi connectivity index (χ1v) is 5.79. The zero-order chi connectivity index (χ0) is 13.3. The van der Waals surface area contributed by atoms with E-state index in [1.54, 1.807) is 6.92 Å². The van der Waals surface area contributed by atoms with Crippen LogP contribution in [0.25, 0.3) is 0 Å². The van der Waals surface area contributed by atoms with Crippen molar-refractivity contribution in [3.05, 3.63) is 28.2 Å². The van der Waals surface area contributed by atoms with Gasteiger partial charge in [-0.05, 0) is 18.7 Å². The summed E-state index contributed by atoms with van der Waals surface area (Å²) < 4.78 is 27.7. The molecule has 96 valence electrons. The summed E-state index contributed by atoms with van der Waals surface area (Å²) in [6.07, 6.45) is 0. The van der Waals surface area contributed by atoms with Crippen LogP contribution < -0.4 is 11.4 Å². The van der Waals surface area contributed by atoms with Crippen LogP contribution in [0, 0.1) is 11.6 Å². The van der Waals surface area contributed by atoms with E-state index in [0.29, 0.717) is 12.6 Å². The lowest BCUT2D eigenvalue weighted by molar-refractivity contribution is 0.551. The molecule has 0 bridgehead atoms. The van der Waals surface area contributed by atoms with Crippen LogP contribution in [0.3, 0.4) is 0 Å². The first-order chi connectivity index (χ1) is 8.52. The Morgan fingerprint density at radius 3 is 2.89 bits per heavy atom. The van der Waals surface area contributed by atoms with E-state index in [2.05, 4.69) is 15.2 Å². The van der Waals surface area contributed by atoms with Gasteiger partial charge in [0.1, 0.15) is 5.03 Å². The quantitative estimate of drug-likeness (QED) is 0.870. The molecule has 18 heavy (non-hydrogen) atoms. The Morgan fingerprint density at radius 1 is 1.50 bits per heavy atom. The number of nitrogen functional groups attached to an aromatic ring is 1. The van der Waals surface area contributed by atoms with E-state index in [1.807, 2.05) is 0 Å². The molecule has 0 atom stereocenters. The van der Waals surface area contributed by atoms with Crippen LogP contribution >= 0.6 is 11.8 Å². The number of nitrogens with zero attached hydrogens (tertiary/aromatic N) is 3. The zero-order valence-corrected chi connectivity index (χ0v) is 10.1. The smallest absolute Gasteiger partial charge is 0.343 e. The summed E-state index contributed by atoms with van der Waals surface area (Å²) in [5, 5.41) is 6.06. The summed E-state index contributed by atoms with van der Waals surface area (Å²) in [5.41, 5.74) is 4.85. The van der Waals surface area contributed by atoms with Gasteiger partial charge in [-0.1, -0.05) is 0 Å². The second-order valence-electron chi connectivity index (χ2n) is 3.30. The van der Waals surface area contributed by atoms with Gasteiger partial charge in [-0.25, -0.2) is 23.7 Å². The van der Waals surface area contributed by atoms with Gasteiger partial charge in [-0.3, -0.25) is 4.57 Å². The summed E-state index contributed by atoms with van der Waals surface area (Å²) in [6.45, 7) is 2.11. The first kappa shape index (κ1) is 12.6. The maximum atomic E-state index is 13.5. The molecule has 2 aromatic heterocycles. The molecule has 0 aliphatic heterocycles. The maximum Gasteiger partial charge on any atom is 0.343 e. The second-order valence-corrected chi connectivity index (χ2v) is 4.26. The van der Waals surface area contributed by atoms with Crippen molar-refractivity contribution in [2.45, 2.75) is 23.7 Å². The van der Waals surface area contributed by atoms with E-state index in [0.717, 1.165) is 11.8 Å². The van der Waals surface area contributed by atoms with Gasteiger partial charge in [-0.2, -0.15) is 0 Å². The minimum Gasteiger partial charge on any atom is -0.381 e. The lowest BCUT2D eigenvalue weighted by Crippen LogP contribution is -2.16. The van der Waals surface area contributed by atoms with Crippen LogP contribution in [0.15, 0.2) is 21.0 Å². The number of aromatic amines is 1. The molecule has 0 amide bonds. The molecule has 0 fully saturated rings. The molecule has 3 N–H and O–H groups in total. The van der Waals surface area contributed by atoms with Crippen molar-refractivity contribution in [1.29, 1.82) is 0 Å². The third-order valence-corrected chi connectivity index (χ3v) is 3.13. The van der Waals surface area contributed by atoms with Gasteiger partial charge in [0.15, 0.2) is 22.6 Å². The van der Waals surface area contributed by atoms with Crippen molar-refractivity contribution in [2.75, 3.05) is 5.73 Å². The normalized spacial score (nSPS) is 10.8. The van der Waals surface area contributed by atoms with Crippen LogP contribution in [0.4, 0.5) is 14.6 Å². The van der Waals surface area contributed by atoms with E-state index in [-0.39, 0.29) is 10.2 Å². The summed E-state index contributed by atoms with van der Waals surface area (Å²) in [4.78, 5) is 14.9. The van der Waals surface area contributed by atoms with Crippen molar-refractivity contribution in [3.63, 3.8) is 0 Å². The Hall–Kier alpha value is -1.90. The van der Waals surface area contributed by atoms with Crippen molar-refractivity contribution < 1.29 is 8.78 Å². The molecule has 2 aromatic rings. The number of aromatic nitrogens is 4. The largest absolute Gasteiger partial charge is 0.381 e. The molecular weight excluding hydrogens is 264 g/mol. The highest BCUT2D eigenvalue weighted by molar-refractivity contribution is 7.99. The summed E-state index contributed by atoms with van der Waals surface area (Å²) in [6, 6.07) is 0.645. The summed E-state index contributed by atoms with van der Waals surface area (Å²) in [7, 11) is 0. The standard InChI is InChI=1S/C9H9F2N5OS/c1-2-16-8(17)14-15-9(16)18-7-5(11)3-4(10)6(12)13-7/h3H,2H2,1H3,(H2,12,13)(H,14,17). The molecule has 0 aliphatic rings. The predicted molar refractivity (Wildman–Crippen MR) is 61.2 cm³/mol. The lowest BCUT2D eigenvalue weighted by atomic mass is 10.4. The Balaban J connectivity index is 2.40. The average molecular weight is 273 g/mol. The molecule has 9 heteroatoms. The van der Waals surface area contributed by atoms with E-state index in [4.69, 9.17) is 5.73 Å². The molecule has 0 saturated carbocycles. The average Bonchev–Trinajstić information content (AvgIpc) is 2.67. The van der Waals surface area contributed by atoms with Crippen LogP contribution in [0.2, 0.25) is 0 Å². The number of pyridine rings is 1. The monoisotopic (exact) mass is 273 g/mol. The molecule has 6 nitrogen and oxygen atoms in total. The highest BCUT2D eigenvalue weighted by Gasteiger charge is 2.15. The minimum atomic E-state index is -0.924. The third-order valence-electron chi connectivity index (χ3n) is 2.15. The van der Waals surface area contributed by atoms with Gasteiger partial charge in [-0.15, -0.1) is 5.10 Å². The van der Waals surface area contributed by atoms with E-state index < -0.39 is 23.1 Å². The molecule has 0 spiro atoms. The Labute approximate surface area is 104 Å². The molecule has 2 heterocycles. The fraction of sp³-hybridized carbons (Fsp3) is 0.222. The number of rotatable bonds is 3. The number of nitrogens with two attached hydrogens (primary N) is 1. The lowest BCUT2D eigenvalue weighted by Gasteiger charge is -2.04. The predicted octanol–water partition coefficient (Wildman–Crippen LogP) is 0.998. The number of anilines is 1. The van der Waals surface area contributed by atoms with Crippen LogP contribution in [0.5, 0.6) is 0 Å². The van der Waals surface area contributed by atoms with Crippen molar-refractivity contribution in [3.8, 4) is 0 Å². The summed E-state index contributed by atoms with van der Waals surface area (Å²) >= 11 is 0.797. The molecule has 0 saturated heterocycles. The zero-order valence-electron chi connectivity index (χ0n) is 9.28. The fourth-order valence-corrected chi connectivity index (χ4v) is 2.17. The van der Waals surface area contributed by atoms with Crippen LogP contribution in [-0.4, -0.2) is 19.7 Å². The number of H-pyrrole nitrogens is 1. The minimum absolute atomic E-state index is 0.136. The van der Waals surface area contributed by atoms with E-state index in [1.165, 1.54) is 4.57 Å². The van der Waals surface area contributed by atoms with Crippen molar-refractivity contribution >= 4 is 17.6 Å². The van der Waals surface area contributed by atoms with Crippen molar-refractivity contribution in [1.82, 2.24) is 19.7 Å². The SMILES string of the molecule is CCn1c(Sc2nc(N)c(F)cc2F)n[nH]c1=O. The van der Waals surface area contributed by atoms with Gasteiger partial charge < -0.3 is 5.73 Å². The van der Waals surface area contributed by atoms with Crippen LogP contribution in [0.1, 0.15) is 6.92 Å². The highest BCUT2D eigenvalue weighted by Crippen LogP contribution is 2.27. The molecule has 2 rings (SSSR count). The van der Waals surface area contributed by atoms with Gasteiger partial charge in [0, 0.05) is 12.6 Å². The van der Waals surface area contributed by atoms with E-state index >= 15 is 0 Å². The maximum absolute atomic E-state index is 13.5. The first-order valence-electron chi connectivity index (χ1n) is 4.97. The fourth-order valence-electron chi connectivity index (χ4n) is 1.28. The highest BCUT2D eigenvalue weighted by atomic mass is 32.2. The topological polar surface area (TPSA) is 89.6 Å². The number of halogens is 2. The summed E-state index contributed by atoms with van der Waals surface area (Å²) in [5.74, 6) is -2.18. The third kappa shape index (κ3) is 2.21. The molecule has 0 aliphatic carbocycles. The molecule has 0 radical (unpaired) electrons.